The average molecular weight is 310 g/mol. The maximum atomic E-state index is 11.2. The highest BCUT2D eigenvalue weighted by Crippen LogP contribution is 2.29. The third-order valence-corrected chi connectivity index (χ3v) is 2.54. The number of rotatable bonds is 3. The van der Waals surface area contributed by atoms with Gasteiger partial charge in [-0.1, -0.05) is 13.3 Å². The molecule has 1 aliphatic rings. The van der Waals surface area contributed by atoms with Gasteiger partial charge < -0.3 is 4.74 Å². The molecule has 13 heavy (non-hydrogen) atoms. The fourth-order valence-corrected chi connectivity index (χ4v) is 1.44. The van der Waals surface area contributed by atoms with E-state index < -0.39 is 0 Å². The van der Waals surface area contributed by atoms with Gasteiger partial charge in [0.1, 0.15) is 3.39 Å². The number of cyclic esters (lactones) is 1. The molecule has 1 heterocycles. The summed E-state index contributed by atoms with van der Waals surface area (Å²) in [7, 11) is 0. The van der Waals surface area contributed by atoms with Crippen molar-refractivity contribution >= 4 is 37.8 Å². The second-order valence-electron chi connectivity index (χ2n) is 2.79. The molecule has 0 spiro atoms. The van der Waals surface area contributed by atoms with E-state index in [1.54, 1.807) is 6.08 Å². The van der Waals surface area contributed by atoms with Crippen LogP contribution in [0.4, 0.5) is 0 Å². The van der Waals surface area contributed by atoms with Crippen molar-refractivity contribution in [1.82, 2.24) is 0 Å². The zero-order valence-electron chi connectivity index (χ0n) is 7.27. The topological polar surface area (TPSA) is 26.3 Å². The summed E-state index contributed by atoms with van der Waals surface area (Å²) in [6.07, 6.45) is 4.68. The van der Waals surface area contributed by atoms with Crippen molar-refractivity contribution in [3.05, 3.63) is 20.8 Å². The van der Waals surface area contributed by atoms with Crippen molar-refractivity contribution in [2.75, 3.05) is 0 Å². The van der Waals surface area contributed by atoms with E-state index in [1.807, 2.05) is 0 Å². The predicted octanol–water partition coefficient (Wildman–Crippen LogP) is 3.62. The largest absolute Gasteiger partial charge is 0.421 e. The first kappa shape index (κ1) is 11.0. The summed E-state index contributed by atoms with van der Waals surface area (Å²) >= 11 is 6.40. The van der Waals surface area contributed by atoms with Gasteiger partial charge in [0.05, 0.1) is 0 Å². The molecule has 0 unspecified atom stereocenters. The number of unbranched alkanes of at least 4 members (excludes halogenated alkanes) is 1. The summed E-state index contributed by atoms with van der Waals surface area (Å²) in [6, 6.07) is 0. The molecular formula is C9H10Br2O2. The van der Waals surface area contributed by atoms with E-state index in [-0.39, 0.29) is 5.97 Å². The summed E-state index contributed by atoms with van der Waals surface area (Å²) in [5.41, 5.74) is 0.758. The molecule has 0 atom stereocenters. The van der Waals surface area contributed by atoms with Crippen LogP contribution in [0.5, 0.6) is 0 Å². The molecule has 0 bridgehead atoms. The number of ether oxygens (including phenoxy) is 1. The first-order valence-electron chi connectivity index (χ1n) is 4.13. The maximum Gasteiger partial charge on any atom is 0.339 e. The minimum atomic E-state index is -0.222. The lowest BCUT2D eigenvalue weighted by Crippen LogP contribution is -1.98. The highest BCUT2D eigenvalue weighted by Gasteiger charge is 2.21. The van der Waals surface area contributed by atoms with Gasteiger partial charge in [-0.05, 0) is 50.8 Å². The molecule has 0 aromatic rings. The Morgan fingerprint density at radius 1 is 1.54 bits per heavy atom. The molecule has 2 nitrogen and oxygen atoms in total. The summed E-state index contributed by atoms with van der Waals surface area (Å²) in [6.45, 7) is 2.10. The molecule has 0 aromatic heterocycles. The number of hydrogen-bond acceptors (Lipinski definition) is 2. The van der Waals surface area contributed by atoms with Gasteiger partial charge in [-0.25, -0.2) is 4.79 Å². The average Bonchev–Trinajstić information content (AvgIpc) is 2.44. The van der Waals surface area contributed by atoms with Gasteiger partial charge in [-0.15, -0.1) is 0 Å². The third-order valence-electron chi connectivity index (χ3n) is 1.76. The third kappa shape index (κ3) is 2.95. The Hall–Kier alpha value is -0.0900. The molecule has 0 saturated carbocycles. The maximum absolute atomic E-state index is 11.2. The van der Waals surface area contributed by atoms with Crippen LogP contribution in [0.3, 0.4) is 0 Å². The SMILES string of the molecule is CCCCC1=CC(=C(Br)Br)OC1=O. The fourth-order valence-electron chi connectivity index (χ4n) is 1.05. The Bertz CT molecular complexity index is 275. The molecule has 0 saturated heterocycles. The first-order chi connectivity index (χ1) is 6.15. The zero-order chi connectivity index (χ0) is 9.84. The minimum Gasteiger partial charge on any atom is -0.421 e. The molecule has 0 amide bonds. The van der Waals surface area contributed by atoms with Gasteiger partial charge in [0, 0.05) is 5.57 Å². The van der Waals surface area contributed by atoms with Gasteiger partial charge >= 0.3 is 5.97 Å². The summed E-state index contributed by atoms with van der Waals surface area (Å²) in [4.78, 5) is 11.2. The van der Waals surface area contributed by atoms with Crippen LogP contribution in [-0.4, -0.2) is 5.97 Å². The van der Waals surface area contributed by atoms with Gasteiger partial charge in [0.25, 0.3) is 0 Å². The van der Waals surface area contributed by atoms with Crippen LogP contribution in [0.1, 0.15) is 26.2 Å². The first-order valence-corrected chi connectivity index (χ1v) is 5.71. The molecule has 0 fully saturated rings. The van der Waals surface area contributed by atoms with Gasteiger partial charge in [0.15, 0.2) is 5.76 Å². The van der Waals surface area contributed by atoms with Crippen molar-refractivity contribution in [2.45, 2.75) is 26.2 Å². The van der Waals surface area contributed by atoms with Crippen molar-refractivity contribution in [2.24, 2.45) is 0 Å². The number of hydrogen-bond donors (Lipinski definition) is 0. The van der Waals surface area contributed by atoms with Crippen molar-refractivity contribution in [3.8, 4) is 0 Å². The monoisotopic (exact) mass is 308 g/mol. The summed E-state index contributed by atoms with van der Waals surface area (Å²) in [5, 5.41) is 0. The molecule has 1 rings (SSSR count). The predicted molar refractivity (Wildman–Crippen MR) is 58.6 cm³/mol. The van der Waals surface area contributed by atoms with Gasteiger partial charge in [0.2, 0.25) is 0 Å². The van der Waals surface area contributed by atoms with Crippen LogP contribution in [0.15, 0.2) is 20.8 Å². The second kappa shape index (κ2) is 4.96. The number of esters is 1. The van der Waals surface area contributed by atoms with E-state index in [4.69, 9.17) is 4.74 Å². The Labute approximate surface area is 94.3 Å². The Kier molecular flexibility index (Phi) is 4.19. The molecule has 4 heteroatoms. The molecule has 72 valence electrons. The molecule has 0 aromatic carbocycles. The van der Waals surface area contributed by atoms with Crippen LogP contribution in [0.25, 0.3) is 0 Å². The summed E-state index contributed by atoms with van der Waals surface area (Å²) < 4.78 is 5.67. The van der Waals surface area contributed by atoms with E-state index >= 15 is 0 Å². The van der Waals surface area contributed by atoms with E-state index in [0.717, 1.165) is 24.8 Å². The molecular weight excluding hydrogens is 300 g/mol. The van der Waals surface area contributed by atoms with Gasteiger partial charge in [-0.2, -0.15) is 0 Å². The van der Waals surface area contributed by atoms with Crippen molar-refractivity contribution in [1.29, 1.82) is 0 Å². The number of halogens is 2. The molecule has 1 aliphatic heterocycles. The standard InChI is InChI=1S/C9H10Br2O2/c1-2-3-4-6-5-7(8(10)11)13-9(6)12/h5H,2-4H2,1H3. The van der Waals surface area contributed by atoms with E-state index in [0.29, 0.717) is 9.15 Å². The lowest BCUT2D eigenvalue weighted by atomic mass is 10.1. The number of carbonyl (C=O) groups excluding carboxylic acids is 1. The fraction of sp³-hybridized carbons (Fsp3) is 0.444. The van der Waals surface area contributed by atoms with E-state index in [2.05, 4.69) is 38.8 Å². The minimum absolute atomic E-state index is 0.222. The smallest absolute Gasteiger partial charge is 0.339 e. The number of allylic oxidation sites excluding steroid dienone is 1. The van der Waals surface area contributed by atoms with Crippen molar-refractivity contribution < 1.29 is 9.53 Å². The zero-order valence-corrected chi connectivity index (χ0v) is 10.4. The van der Waals surface area contributed by atoms with Crippen LogP contribution in [0, 0.1) is 0 Å². The van der Waals surface area contributed by atoms with Gasteiger partial charge in [-0.3, -0.25) is 0 Å². The van der Waals surface area contributed by atoms with Crippen LogP contribution < -0.4 is 0 Å². The van der Waals surface area contributed by atoms with Crippen LogP contribution >= 0.6 is 31.9 Å². The van der Waals surface area contributed by atoms with E-state index in [1.165, 1.54) is 0 Å². The summed E-state index contributed by atoms with van der Waals surface area (Å²) in [5.74, 6) is 0.343. The Balaban J connectivity index is 2.69. The molecule has 0 aliphatic carbocycles. The number of carbonyl (C=O) groups is 1. The van der Waals surface area contributed by atoms with Crippen LogP contribution in [-0.2, 0) is 9.53 Å². The van der Waals surface area contributed by atoms with Crippen LogP contribution in [0.2, 0.25) is 0 Å². The Morgan fingerprint density at radius 2 is 2.23 bits per heavy atom. The Morgan fingerprint density at radius 3 is 2.69 bits per heavy atom. The lowest BCUT2D eigenvalue weighted by Gasteiger charge is -1.96. The second-order valence-corrected chi connectivity index (χ2v) is 5.44. The molecule has 0 radical (unpaired) electrons. The highest BCUT2D eigenvalue weighted by molar-refractivity contribution is 9.28. The normalized spacial score (nSPS) is 15.8. The van der Waals surface area contributed by atoms with Crippen molar-refractivity contribution in [3.63, 3.8) is 0 Å². The van der Waals surface area contributed by atoms with E-state index in [9.17, 15) is 4.79 Å². The molecule has 0 N–H and O–H groups in total. The highest BCUT2D eigenvalue weighted by atomic mass is 79.9. The quantitative estimate of drug-likeness (QED) is 0.744. The lowest BCUT2D eigenvalue weighted by molar-refractivity contribution is -0.133.